The van der Waals surface area contributed by atoms with Crippen molar-refractivity contribution >= 4 is 22.6 Å². The molecular weight excluding hydrogens is 322 g/mol. The molecule has 0 atom stereocenters. The molecule has 0 unspecified atom stereocenters. The Morgan fingerprint density at radius 3 is 2.00 bits per heavy atom. The van der Waals surface area contributed by atoms with Crippen molar-refractivity contribution in [2.75, 3.05) is 0 Å². The fourth-order valence-corrected chi connectivity index (χ4v) is 4.38. The number of fused-ring (bicyclic) bond motifs is 2. The molecule has 3 aromatic rings. The predicted molar refractivity (Wildman–Crippen MR) is 102 cm³/mol. The second kappa shape index (κ2) is 4.82. The summed E-state index contributed by atoms with van der Waals surface area (Å²) in [7, 11) is 0. The van der Waals surface area contributed by atoms with Gasteiger partial charge in [0, 0.05) is 22.1 Å². The Morgan fingerprint density at radius 1 is 0.692 bits per heavy atom. The topological polar surface area (TPSA) is 37.4 Å². The molecule has 0 N–H and O–H groups in total. The highest BCUT2D eigenvalue weighted by Gasteiger charge is 2.40. The van der Waals surface area contributed by atoms with E-state index >= 15 is 0 Å². The molecule has 1 aliphatic carbocycles. The van der Waals surface area contributed by atoms with Gasteiger partial charge in [-0.3, -0.25) is 14.5 Å². The van der Waals surface area contributed by atoms with Gasteiger partial charge in [0.2, 0.25) is 0 Å². The minimum Gasteiger partial charge on any atom is -0.269 e. The Balaban J connectivity index is 1.89. The maximum absolute atomic E-state index is 13.1. The van der Waals surface area contributed by atoms with Crippen LogP contribution in [0.25, 0.3) is 21.9 Å². The van der Waals surface area contributed by atoms with Gasteiger partial charge >= 0.3 is 0 Å². The first kappa shape index (κ1) is 15.3. The van der Waals surface area contributed by atoms with E-state index in [9.17, 15) is 9.59 Å². The molecule has 1 heterocycles. The van der Waals surface area contributed by atoms with Crippen molar-refractivity contribution in [3.05, 3.63) is 70.8 Å². The third kappa shape index (κ3) is 1.83. The summed E-state index contributed by atoms with van der Waals surface area (Å²) in [5.74, 6) is -0.393. The predicted octanol–water partition coefficient (Wildman–Crippen LogP) is 4.81. The maximum Gasteiger partial charge on any atom is 0.261 e. The highest BCUT2D eigenvalue weighted by atomic mass is 16.2. The minimum absolute atomic E-state index is 0.197. The van der Waals surface area contributed by atoms with Crippen LogP contribution in [-0.4, -0.2) is 22.3 Å². The first-order valence-electron chi connectivity index (χ1n) is 8.93. The molecule has 0 saturated heterocycles. The van der Waals surface area contributed by atoms with E-state index in [1.165, 1.54) is 21.6 Å². The van der Waals surface area contributed by atoms with Crippen LogP contribution in [-0.2, 0) is 6.42 Å². The van der Waals surface area contributed by atoms with Crippen LogP contribution in [0.1, 0.15) is 52.6 Å². The number of nitrogens with zero attached hydrogens (tertiary/aromatic N) is 1. The average molecular weight is 341 g/mol. The summed E-state index contributed by atoms with van der Waals surface area (Å²) in [6.45, 7) is 5.69. The van der Waals surface area contributed by atoms with Crippen molar-refractivity contribution in [1.82, 2.24) is 4.90 Å². The monoisotopic (exact) mass is 341 g/mol. The normalized spacial score (nSPS) is 15.4. The Bertz CT molecular complexity index is 1110. The zero-order valence-electron chi connectivity index (χ0n) is 15.1. The molecule has 128 valence electrons. The smallest absolute Gasteiger partial charge is 0.261 e. The lowest BCUT2D eigenvalue weighted by atomic mass is 9.79. The van der Waals surface area contributed by atoms with Crippen molar-refractivity contribution in [3.8, 4) is 11.1 Å². The van der Waals surface area contributed by atoms with E-state index < -0.39 is 5.54 Å². The van der Waals surface area contributed by atoms with Crippen molar-refractivity contribution in [3.63, 3.8) is 0 Å². The van der Waals surface area contributed by atoms with Crippen LogP contribution in [0.4, 0.5) is 0 Å². The quantitative estimate of drug-likeness (QED) is 0.431. The molecule has 0 spiro atoms. The molecular formula is C23H19NO2. The van der Waals surface area contributed by atoms with E-state index in [0.29, 0.717) is 11.1 Å². The molecule has 3 heteroatoms. The summed E-state index contributed by atoms with van der Waals surface area (Å²) < 4.78 is 0. The van der Waals surface area contributed by atoms with E-state index in [1.54, 1.807) is 0 Å². The number of imide groups is 1. The zero-order chi connectivity index (χ0) is 18.2. The van der Waals surface area contributed by atoms with Crippen LogP contribution in [0.5, 0.6) is 0 Å². The highest BCUT2D eigenvalue weighted by molar-refractivity contribution is 6.28. The van der Waals surface area contributed by atoms with Gasteiger partial charge in [0.25, 0.3) is 11.8 Å². The highest BCUT2D eigenvalue weighted by Crippen LogP contribution is 2.44. The van der Waals surface area contributed by atoms with Gasteiger partial charge in [-0.15, -0.1) is 0 Å². The largest absolute Gasteiger partial charge is 0.269 e. The van der Waals surface area contributed by atoms with Crippen molar-refractivity contribution in [1.29, 1.82) is 0 Å². The second-order valence-electron chi connectivity index (χ2n) is 8.13. The van der Waals surface area contributed by atoms with Crippen LogP contribution in [0.3, 0.4) is 0 Å². The summed E-state index contributed by atoms with van der Waals surface area (Å²) in [6, 6.07) is 16.2. The lowest BCUT2D eigenvalue weighted by Crippen LogP contribution is -2.51. The third-order valence-electron chi connectivity index (χ3n) is 5.47. The Kier molecular flexibility index (Phi) is 2.84. The van der Waals surface area contributed by atoms with Crippen LogP contribution in [0.15, 0.2) is 48.5 Å². The first-order chi connectivity index (χ1) is 12.4. The molecule has 0 bridgehead atoms. The number of rotatable bonds is 0. The first-order valence-corrected chi connectivity index (χ1v) is 8.93. The molecule has 26 heavy (non-hydrogen) atoms. The van der Waals surface area contributed by atoms with Gasteiger partial charge in [0.15, 0.2) is 0 Å². The van der Waals surface area contributed by atoms with E-state index in [1.807, 2.05) is 45.0 Å². The van der Waals surface area contributed by atoms with Crippen LogP contribution >= 0.6 is 0 Å². The van der Waals surface area contributed by atoms with Crippen molar-refractivity contribution in [2.45, 2.75) is 32.7 Å². The lowest BCUT2D eigenvalue weighted by molar-refractivity contribution is 0.0460. The number of amides is 2. The van der Waals surface area contributed by atoms with E-state index in [2.05, 4.69) is 24.3 Å². The number of carbonyl (C=O) groups excluding carboxylic acids is 2. The molecule has 0 saturated carbocycles. The SMILES string of the molecule is CC(C)(C)N1C(=O)c2ccc3c4c(ccc(c24)C1=O)-c1ccccc1C3. The zero-order valence-corrected chi connectivity index (χ0v) is 15.1. The van der Waals surface area contributed by atoms with Crippen LogP contribution in [0.2, 0.25) is 0 Å². The molecule has 3 nitrogen and oxygen atoms in total. The van der Waals surface area contributed by atoms with Crippen molar-refractivity contribution in [2.24, 2.45) is 0 Å². The van der Waals surface area contributed by atoms with E-state index in [4.69, 9.17) is 0 Å². The summed E-state index contributed by atoms with van der Waals surface area (Å²) in [4.78, 5) is 27.7. The molecule has 3 aromatic carbocycles. The van der Waals surface area contributed by atoms with Gasteiger partial charge in [-0.2, -0.15) is 0 Å². The number of hydrogen-bond donors (Lipinski definition) is 0. The van der Waals surface area contributed by atoms with Gasteiger partial charge in [0.1, 0.15) is 0 Å². The maximum atomic E-state index is 13.1. The Hall–Kier alpha value is -2.94. The Labute approximate surface area is 152 Å². The summed E-state index contributed by atoms with van der Waals surface area (Å²) in [5, 5.41) is 1.89. The van der Waals surface area contributed by atoms with Gasteiger partial charge in [-0.05, 0) is 67.0 Å². The molecule has 2 aliphatic rings. The minimum atomic E-state index is -0.556. The molecule has 2 amide bonds. The van der Waals surface area contributed by atoms with Gasteiger partial charge in [-0.1, -0.05) is 36.4 Å². The van der Waals surface area contributed by atoms with Gasteiger partial charge < -0.3 is 0 Å². The van der Waals surface area contributed by atoms with Gasteiger partial charge in [0.05, 0.1) is 0 Å². The molecule has 0 fully saturated rings. The average Bonchev–Trinajstić information content (AvgIpc) is 2.60. The van der Waals surface area contributed by atoms with Crippen LogP contribution in [0, 0.1) is 0 Å². The standard InChI is InChI=1S/C23H19NO2/c1-23(2,3)24-21(25)17-9-8-14-12-13-6-4-5-7-15(13)16-10-11-18(22(24)26)20(17)19(14)16/h4-11H,12H2,1-3H3. The fraction of sp³-hybridized carbons (Fsp3) is 0.217. The fourth-order valence-electron chi connectivity index (χ4n) is 4.38. The summed E-state index contributed by atoms with van der Waals surface area (Å²) in [6.07, 6.45) is 0.828. The van der Waals surface area contributed by atoms with E-state index in [-0.39, 0.29) is 11.8 Å². The summed E-state index contributed by atoms with van der Waals surface area (Å²) in [5.41, 5.74) is 5.49. The molecule has 5 rings (SSSR count). The molecule has 0 radical (unpaired) electrons. The second-order valence-corrected chi connectivity index (χ2v) is 8.13. The number of benzene rings is 3. The van der Waals surface area contributed by atoms with E-state index in [0.717, 1.165) is 22.8 Å². The van der Waals surface area contributed by atoms with Crippen molar-refractivity contribution < 1.29 is 9.59 Å². The third-order valence-corrected chi connectivity index (χ3v) is 5.47. The number of hydrogen-bond acceptors (Lipinski definition) is 2. The molecule has 1 aliphatic heterocycles. The summed E-state index contributed by atoms with van der Waals surface area (Å²) >= 11 is 0. The number of carbonyl (C=O) groups is 2. The lowest BCUT2D eigenvalue weighted by Gasteiger charge is -2.38. The van der Waals surface area contributed by atoms with Crippen LogP contribution < -0.4 is 0 Å². The Morgan fingerprint density at radius 2 is 1.31 bits per heavy atom. The van der Waals surface area contributed by atoms with Gasteiger partial charge in [-0.25, -0.2) is 0 Å². The molecule has 0 aromatic heterocycles.